The number of benzene rings is 1. The van der Waals surface area contributed by atoms with Crippen molar-refractivity contribution in [2.75, 3.05) is 6.61 Å². The van der Waals surface area contributed by atoms with E-state index in [2.05, 4.69) is 20.2 Å². The molecule has 0 radical (unpaired) electrons. The minimum absolute atomic E-state index is 0.357. The van der Waals surface area contributed by atoms with Gasteiger partial charge in [0.25, 0.3) is 0 Å². The lowest BCUT2D eigenvalue weighted by molar-refractivity contribution is 0.294. The fourth-order valence-electron chi connectivity index (χ4n) is 2.27. The Hall–Kier alpha value is -2.89. The van der Waals surface area contributed by atoms with Crippen LogP contribution in [0.25, 0.3) is 0 Å². The van der Waals surface area contributed by atoms with Crippen LogP contribution in [0, 0.1) is 0 Å². The number of hydrogen-bond donors (Lipinski definition) is 1. The Morgan fingerprint density at radius 3 is 2.33 bits per heavy atom. The maximum Gasteiger partial charge on any atom is 0.162 e. The van der Waals surface area contributed by atoms with Crippen LogP contribution in [-0.2, 0) is 19.4 Å². The SMILES string of the molecule is CCOc1ccc(OCc2nc(CCc3ccncc3)n[nH]2)cc1. The maximum atomic E-state index is 5.70. The van der Waals surface area contributed by atoms with Crippen LogP contribution < -0.4 is 9.47 Å². The summed E-state index contributed by atoms with van der Waals surface area (Å²) in [7, 11) is 0. The molecule has 3 aromatic rings. The lowest BCUT2D eigenvalue weighted by Gasteiger charge is -2.06. The Balaban J connectivity index is 1.48. The molecule has 0 spiro atoms. The molecule has 0 amide bonds. The lowest BCUT2D eigenvalue weighted by Crippen LogP contribution is -1.98. The normalized spacial score (nSPS) is 10.5. The van der Waals surface area contributed by atoms with Gasteiger partial charge in [0.2, 0.25) is 0 Å². The maximum absolute atomic E-state index is 5.70. The number of aryl methyl sites for hydroxylation is 2. The van der Waals surface area contributed by atoms with Gasteiger partial charge in [-0.1, -0.05) is 0 Å². The predicted molar refractivity (Wildman–Crippen MR) is 90.0 cm³/mol. The van der Waals surface area contributed by atoms with E-state index in [1.165, 1.54) is 5.56 Å². The second-order valence-electron chi connectivity index (χ2n) is 5.25. The molecule has 3 rings (SSSR count). The highest BCUT2D eigenvalue weighted by Crippen LogP contribution is 2.18. The summed E-state index contributed by atoms with van der Waals surface area (Å²) >= 11 is 0. The van der Waals surface area contributed by atoms with Gasteiger partial charge in [0.05, 0.1) is 6.61 Å². The molecular weight excluding hydrogens is 304 g/mol. The van der Waals surface area contributed by atoms with Gasteiger partial charge in [0, 0.05) is 18.8 Å². The highest BCUT2D eigenvalue weighted by atomic mass is 16.5. The van der Waals surface area contributed by atoms with E-state index in [9.17, 15) is 0 Å². The number of aromatic amines is 1. The molecule has 1 aromatic carbocycles. The van der Waals surface area contributed by atoms with Crippen LogP contribution in [-0.4, -0.2) is 26.8 Å². The number of H-pyrrole nitrogens is 1. The van der Waals surface area contributed by atoms with Crippen LogP contribution in [0.15, 0.2) is 48.8 Å². The number of hydrogen-bond acceptors (Lipinski definition) is 5. The molecule has 0 aliphatic heterocycles. The Kier molecular flexibility index (Phi) is 5.40. The molecule has 24 heavy (non-hydrogen) atoms. The van der Waals surface area contributed by atoms with Crippen molar-refractivity contribution in [1.29, 1.82) is 0 Å². The standard InChI is InChI=1S/C18H20N4O2/c1-2-23-15-4-6-16(7-5-15)24-13-18-20-17(21-22-18)8-3-14-9-11-19-12-10-14/h4-7,9-12H,2-3,8,13H2,1H3,(H,20,21,22). The number of nitrogens with zero attached hydrogens (tertiary/aromatic N) is 3. The van der Waals surface area contributed by atoms with E-state index in [0.717, 1.165) is 30.2 Å². The number of aromatic nitrogens is 4. The molecule has 0 aliphatic rings. The summed E-state index contributed by atoms with van der Waals surface area (Å²) in [6.45, 7) is 2.97. The summed E-state index contributed by atoms with van der Waals surface area (Å²) in [6.07, 6.45) is 5.26. The Morgan fingerprint density at radius 1 is 0.917 bits per heavy atom. The first-order valence-corrected chi connectivity index (χ1v) is 7.98. The van der Waals surface area contributed by atoms with Gasteiger partial charge in [-0.05, 0) is 55.3 Å². The molecule has 0 fully saturated rings. The van der Waals surface area contributed by atoms with E-state index in [-0.39, 0.29) is 0 Å². The molecule has 0 unspecified atom stereocenters. The van der Waals surface area contributed by atoms with Crippen molar-refractivity contribution in [3.63, 3.8) is 0 Å². The molecule has 124 valence electrons. The number of pyridine rings is 1. The summed E-state index contributed by atoms with van der Waals surface area (Å²) in [5.74, 6) is 3.11. The van der Waals surface area contributed by atoms with E-state index >= 15 is 0 Å². The smallest absolute Gasteiger partial charge is 0.162 e. The van der Waals surface area contributed by atoms with Gasteiger partial charge >= 0.3 is 0 Å². The topological polar surface area (TPSA) is 72.9 Å². The zero-order chi connectivity index (χ0) is 16.6. The van der Waals surface area contributed by atoms with Crippen molar-refractivity contribution >= 4 is 0 Å². The summed E-state index contributed by atoms with van der Waals surface area (Å²) in [6, 6.07) is 11.5. The van der Waals surface area contributed by atoms with Gasteiger partial charge in [-0.2, -0.15) is 5.10 Å². The monoisotopic (exact) mass is 324 g/mol. The zero-order valence-corrected chi connectivity index (χ0v) is 13.6. The number of ether oxygens (including phenoxy) is 2. The second kappa shape index (κ2) is 8.10. The van der Waals surface area contributed by atoms with E-state index < -0.39 is 0 Å². The molecule has 0 aliphatic carbocycles. The van der Waals surface area contributed by atoms with Gasteiger partial charge in [-0.25, -0.2) is 4.98 Å². The third-order valence-corrected chi connectivity index (χ3v) is 3.47. The lowest BCUT2D eigenvalue weighted by atomic mass is 10.1. The van der Waals surface area contributed by atoms with E-state index in [1.54, 1.807) is 12.4 Å². The molecule has 1 N–H and O–H groups in total. The highest BCUT2D eigenvalue weighted by molar-refractivity contribution is 5.31. The summed E-state index contributed by atoms with van der Waals surface area (Å²) < 4.78 is 11.1. The quantitative estimate of drug-likeness (QED) is 0.689. The van der Waals surface area contributed by atoms with Crippen molar-refractivity contribution in [3.8, 4) is 11.5 Å². The number of nitrogens with one attached hydrogen (secondary N) is 1. The third kappa shape index (κ3) is 4.55. The van der Waals surface area contributed by atoms with E-state index in [0.29, 0.717) is 19.0 Å². The third-order valence-electron chi connectivity index (χ3n) is 3.47. The van der Waals surface area contributed by atoms with Crippen molar-refractivity contribution in [2.24, 2.45) is 0 Å². The molecule has 0 bridgehead atoms. The minimum Gasteiger partial charge on any atom is -0.494 e. The van der Waals surface area contributed by atoms with E-state index in [4.69, 9.17) is 9.47 Å². The zero-order valence-electron chi connectivity index (χ0n) is 13.6. The van der Waals surface area contributed by atoms with Gasteiger partial charge < -0.3 is 9.47 Å². The van der Waals surface area contributed by atoms with Crippen molar-refractivity contribution in [1.82, 2.24) is 20.2 Å². The Morgan fingerprint density at radius 2 is 1.62 bits per heavy atom. The highest BCUT2D eigenvalue weighted by Gasteiger charge is 2.05. The first-order chi connectivity index (χ1) is 11.8. The van der Waals surface area contributed by atoms with Crippen LogP contribution in [0.3, 0.4) is 0 Å². The van der Waals surface area contributed by atoms with Crippen LogP contribution in [0.5, 0.6) is 11.5 Å². The fraction of sp³-hybridized carbons (Fsp3) is 0.278. The Labute approximate surface area is 140 Å². The Bertz CT molecular complexity index is 741. The fourth-order valence-corrected chi connectivity index (χ4v) is 2.27. The van der Waals surface area contributed by atoms with Crippen LogP contribution in [0.2, 0.25) is 0 Å². The molecule has 6 nitrogen and oxygen atoms in total. The van der Waals surface area contributed by atoms with Crippen molar-refractivity contribution in [2.45, 2.75) is 26.4 Å². The molecule has 0 saturated heterocycles. The van der Waals surface area contributed by atoms with Crippen LogP contribution >= 0.6 is 0 Å². The number of rotatable bonds is 8. The van der Waals surface area contributed by atoms with Crippen LogP contribution in [0.4, 0.5) is 0 Å². The average Bonchev–Trinajstić information content (AvgIpc) is 3.09. The largest absolute Gasteiger partial charge is 0.494 e. The van der Waals surface area contributed by atoms with Gasteiger partial charge in [0.15, 0.2) is 11.6 Å². The predicted octanol–water partition coefficient (Wildman–Crippen LogP) is 2.96. The van der Waals surface area contributed by atoms with Crippen molar-refractivity contribution < 1.29 is 9.47 Å². The summed E-state index contributed by atoms with van der Waals surface area (Å²) in [4.78, 5) is 8.47. The second-order valence-corrected chi connectivity index (χ2v) is 5.25. The first kappa shape index (κ1) is 16.0. The average molecular weight is 324 g/mol. The van der Waals surface area contributed by atoms with Gasteiger partial charge in [0.1, 0.15) is 18.1 Å². The summed E-state index contributed by atoms with van der Waals surface area (Å²) in [5, 5.41) is 7.15. The molecule has 0 saturated carbocycles. The van der Waals surface area contributed by atoms with E-state index in [1.807, 2.05) is 43.3 Å². The molecule has 0 atom stereocenters. The van der Waals surface area contributed by atoms with Crippen molar-refractivity contribution in [3.05, 3.63) is 66.0 Å². The molecular formula is C18H20N4O2. The first-order valence-electron chi connectivity index (χ1n) is 7.98. The molecule has 2 heterocycles. The minimum atomic E-state index is 0.357. The van der Waals surface area contributed by atoms with Gasteiger partial charge in [-0.3, -0.25) is 10.1 Å². The molecule has 2 aromatic heterocycles. The van der Waals surface area contributed by atoms with Gasteiger partial charge in [-0.15, -0.1) is 0 Å². The molecule has 6 heteroatoms. The summed E-state index contributed by atoms with van der Waals surface area (Å²) in [5.41, 5.74) is 1.22. The van der Waals surface area contributed by atoms with Crippen LogP contribution in [0.1, 0.15) is 24.1 Å².